The van der Waals surface area contributed by atoms with Crippen molar-refractivity contribution in [2.24, 2.45) is 5.41 Å². The van der Waals surface area contributed by atoms with Gasteiger partial charge in [0.05, 0.1) is 18.1 Å². The van der Waals surface area contributed by atoms with Crippen LogP contribution in [0.5, 0.6) is 0 Å². The summed E-state index contributed by atoms with van der Waals surface area (Å²) in [5.41, 5.74) is -0.400. The van der Waals surface area contributed by atoms with Crippen molar-refractivity contribution >= 4 is 0 Å². The lowest BCUT2D eigenvalue weighted by Crippen LogP contribution is -2.20. The average molecular weight is 279 g/mol. The van der Waals surface area contributed by atoms with Gasteiger partial charge in [0, 0.05) is 11.8 Å². The quantitative estimate of drug-likeness (QED) is 0.570. The van der Waals surface area contributed by atoms with Crippen LogP contribution in [0.15, 0.2) is 35.9 Å². The topological polar surface area (TPSA) is 61.6 Å². The minimum Gasteiger partial charge on any atom is -0.493 e. The normalized spacial score (nSPS) is 27.3. The lowest BCUT2D eigenvalue weighted by atomic mass is 9.82. The fourth-order valence-corrected chi connectivity index (χ4v) is 2.69. The molecule has 0 amide bonds. The van der Waals surface area contributed by atoms with Gasteiger partial charge in [-0.2, -0.15) is 0 Å². The van der Waals surface area contributed by atoms with Crippen LogP contribution in [0, 0.1) is 15.5 Å². The van der Waals surface area contributed by atoms with Crippen LogP contribution >= 0.6 is 0 Å². The number of hydrogen-bond acceptors (Lipinski definition) is 4. The molecular weight excluding hydrogens is 258 g/mol. The molecule has 0 radical (unpaired) electrons. The highest BCUT2D eigenvalue weighted by Crippen LogP contribution is 2.38. The second-order valence-corrected chi connectivity index (χ2v) is 5.63. The zero-order valence-corrected chi connectivity index (χ0v) is 12.0. The van der Waals surface area contributed by atoms with Crippen LogP contribution in [0.2, 0.25) is 0 Å². The Labute approximate surface area is 119 Å². The molecule has 1 fully saturated rings. The third-order valence-electron chi connectivity index (χ3n) is 3.84. The summed E-state index contributed by atoms with van der Waals surface area (Å²) < 4.78 is 11.4. The van der Waals surface area contributed by atoms with Gasteiger partial charge in [0.2, 0.25) is 6.20 Å². The van der Waals surface area contributed by atoms with Crippen molar-refractivity contribution in [3.05, 3.63) is 46.1 Å². The maximum absolute atomic E-state index is 10.5. The fraction of sp³-hybridized carbons (Fsp3) is 0.600. The van der Waals surface area contributed by atoms with Crippen LogP contribution in [0.3, 0.4) is 0 Å². The van der Waals surface area contributed by atoms with Crippen molar-refractivity contribution in [3.63, 3.8) is 0 Å². The predicted octanol–water partition coefficient (Wildman–Crippen LogP) is 3.56. The third kappa shape index (κ3) is 3.62. The molecule has 1 unspecified atom stereocenters. The minimum absolute atomic E-state index is 0.255. The van der Waals surface area contributed by atoms with Gasteiger partial charge in [0.1, 0.15) is 5.76 Å². The first-order valence-corrected chi connectivity index (χ1v) is 6.98. The standard InChI is InChI=1S/C15H21NO4/c1-15(9-10-16(17)18)8-7-13(19-2)14(11-15)20-12-5-3-4-6-12/h7-10,12H,3-6,11H2,1-2H3. The second-order valence-electron chi connectivity index (χ2n) is 5.63. The summed E-state index contributed by atoms with van der Waals surface area (Å²) in [6.07, 6.45) is 11.8. The Kier molecular flexibility index (Phi) is 4.47. The van der Waals surface area contributed by atoms with Crippen molar-refractivity contribution in [1.82, 2.24) is 0 Å². The molecule has 0 aliphatic heterocycles. The molecule has 2 rings (SSSR count). The zero-order valence-electron chi connectivity index (χ0n) is 12.0. The smallest absolute Gasteiger partial charge is 0.231 e. The van der Waals surface area contributed by atoms with Crippen LogP contribution < -0.4 is 0 Å². The monoisotopic (exact) mass is 279 g/mol. The van der Waals surface area contributed by atoms with E-state index in [1.54, 1.807) is 13.2 Å². The van der Waals surface area contributed by atoms with E-state index >= 15 is 0 Å². The van der Waals surface area contributed by atoms with Gasteiger partial charge in [0.25, 0.3) is 0 Å². The number of allylic oxidation sites excluding steroid dienone is 4. The van der Waals surface area contributed by atoms with Crippen LogP contribution in [-0.4, -0.2) is 18.1 Å². The molecule has 0 saturated heterocycles. The summed E-state index contributed by atoms with van der Waals surface area (Å²) in [5.74, 6) is 1.53. The van der Waals surface area contributed by atoms with E-state index in [4.69, 9.17) is 9.47 Å². The summed E-state index contributed by atoms with van der Waals surface area (Å²) in [4.78, 5) is 10.1. The molecule has 1 saturated carbocycles. The van der Waals surface area contributed by atoms with Gasteiger partial charge in [-0.25, -0.2) is 0 Å². The molecular formula is C15H21NO4. The minimum atomic E-state index is -0.438. The van der Waals surface area contributed by atoms with Crippen LogP contribution in [0.4, 0.5) is 0 Å². The molecule has 0 bridgehead atoms. The van der Waals surface area contributed by atoms with Crippen LogP contribution in [0.1, 0.15) is 39.0 Å². The van der Waals surface area contributed by atoms with E-state index in [2.05, 4.69) is 0 Å². The second kappa shape index (κ2) is 6.11. The van der Waals surface area contributed by atoms with Crippen molar-refractivity contribution in [2.75, 3.05) is 7.11 Å². The summed E-state index contributed by atoms with van der Waals surface area (Å²) >= 11 is 0. The highest BCUT2D eigenvalue weighted by Gasteiger charge is 2.30. The number of rotatable bonds is 5. The molecule has 5 nitrogen and oxygen atoms in total. The van der Waals surface area contributed by atoms with Gasteiger partial charge >= 0.3 is 0 Å². The Morgan fingerprint density at radius 3 is 2.75 bits per heavy atom. The van der Waals surface area contributed by atoms with E-state index < -0.39 is 10.3 Å². The van der Waals surface area contributed by atoms with Crippen molar-refractivity contribution in [2.45, 2.75) is 45.1 Å². The van der Waals surface area contributed by atoms with Crippen LogP contribution in [-0.2, 0) is 9.47 Å². The first-order valence-electron chi connectivity index (χ1n) is 6.98. The molecule has 110 valence electrons. The Bertz CT molecular complexity index is 460. The Morgan fingerprint density at radius 2 is 2.15 bits per heavy atom. The Morgan fingerprint density at radius 1 is 1.45 bits per heavy atom. The number of hydrogen-bond donors (Lipinski definition) is 0. The molecule has 20 heavy (non-hydrogen) atoms. The van der Waals surface area contributed by atoms with Gasteiger partial charge in [-0.15, -0.1) is 0 Å². The van der Waals surface area contributed by atoms with E-state index in [9.17, 15) is 10.1 Å². The Balaban J connectivity index is 2.12. The molecule has 0 aromatic rings. The molecule has 2 aliphatic carbocycles. The van der Waals surface area contributed by atoms with Gasteiger partial charge in [-0.1, -0.05) is 13.0 Å². The highest BCUT2D eigenvalue weighted by atomic mass is 16.6. The third-order valence-corrected chi connectivity index (χ3v) is 3.84. The van der Waals surface area contributed by atoms with Gasteiger partial charge in [0.15, 0.2) is 5.76 Å². The molecule has 0 spiro atoms. The van der Waals surface area contributed by atoms with E-state index in [0.29, 0.717) is 6.42 Å². The lowest BCUT2D eigenvalue weighted by molar-refractivity contribution is -0.403. The number of methoxy groups -OCH3 is 1. The number of nitrogens with zero attached hydrogens (tertiary/aromatic N) is 1. The molecule has 1 atom stereocenters. The summed E-state index contributed by atoms with van der Waals surface area (Å²) in [6, 6.07) is 0. The maximum Gasteiger partial charge on any atom is 0.231 e. The molecule has 0 heterocycles. The zero-order chi connectivity index (χ0) is 14.6. The molecule has 2 aliphatic rings. The first kappa shape index (κ1) is 14.6. The van der Waals surface area contributed by atoms with Gasteiger partial charge in [-0.3, -0.25) is 10.1 Å². The van der Waals surface area contributed by atoms with Crippen molar-refractivity contribution in [3.8, 4) is 0 Å². The van der Waals surface area contributed by atoms with Gasteiger partial charge in [-0.05, 0) is 37.8 Å². The SMILES string of the molecule is COC1=C(OC2CCCC2)CC(C)(C=C[N+](=O)[O-])C=C1. The summed E-state index contributed by atoms with van der Waals surface area (Å²) in [6.45, 7) is 1.95. The van der Waals surface area contributed by atoms with Crippen molar-refractivity contribution in [1.29, 1.82) is 0 Å². The van der Waals surface area contributed by atoms with E-state index in [-0.39, 0.29) is 6.10 Å². The fourth-order valence-electron chi connectivity index (χ4n) is 2.69. The van der Waals surface area contributed by atoms with E-state index in [1.165, 1.54) is 12.8 Å². The highest BCUT2D eigenvalue weighted by molar-refractivity contribution is 5.29. The molecule has 0 aromatic carbocycles. The largest absolute Gasteiger partial charge is 0.493 e. The van der Waals surface area contributed by atoms with E-state index in [0.717, 1.165) is 30.6 Å². The lowest BCUT2D eigenvalue weighted by Gasteiger charge is -2.29. The average Bonchev–Trinajstić information content (AvgIpc) is 2.90. The van der Waals surface area contributed by atoms with Gasteiger partial charge < -0.3 is 9.47 Å². The van der Waals surface area contributed by atoms with Crippen molar-refractivity contribution < 1.29 is 14.4 Å². The van der Waals surface area contributed by atoms with Crippen LogP contribution in [0.25, 0.3) is 0 Å². The number of ether oxygens (including phenoxy) is 2. The summed E-state index contributed by atoms with van der Waals surface area (Å²) in [7, 11) is 1.62. The molecule has 0 N–H and O–H groups in total. The maximum atomic E-state index is 10.5. The summed E-state index contributed by atoms with van der Waals surface area (Å²) in [5, 5.41) is 10.5. The predicted molar refractivity (Wildman–Crippen MR) is 75.4 cm³/mol. The number of nitro groups is 1. The Hall–Kier alpha value is -1.78. The molecule has 0 aromatic heterocycles. The van der Waals surface area contributed by atoms with E-state index in [1.807, 2.05) is 19.1 Å². The first-order chi connectivity index (χ1) is 9.52. The molecule has 5 heteroatoms.